The number of aryl methyl sites for hydroxylation is 1. The molecule has 9 aromatic rings. The lowest BCUT2D eigenvalue weighted by Crippen LogP contribution is -2.14. The molecule has 7 nitrogen and oxygen atoms in total. The Morgan fingerprint density at radius 3 is 1.67 bits per heavy atom. The third-order valence-electron chi connectivity index (χ3n) is 10.6. The van der Waals surface area contributed by atoms with Gasteiger partial charge < -0.3 is 25.4 Å². The second kappa shape index (κ2) is 21.6. The van der Waals surface area contributed by atoms with Crippen molar-refractivity contribution in [1.82, 2.24) is 0 Å². The lowest BCUT2D eigenvalue weighted by atomic mass is 10.0. The molecule has 0 saturated heterocycles. The highest BCUT2D eigenvalue weighted by Crippen LogP contribution is 2.23. The number of anilines is 3. The van der Waals surface area contributed by atoms with Crippen molar-refractivity contribution in [2.75, 3.05) is 36.7 Å². The first kappa shape index (κ1) is 43.2. The third-order valence-corrected chi connectivity index (χ3v) is 10.6. The Morgan fingerprint density at radius 2 is 1.00 bits per heavy atom. The number of carbonyl (C=O) groups excluding carboxylic acids is 2. The minimum Gasteiger partial charge on any atom is -0.497 e. The van der Waals surface area contributed by atoms with Gasteiger partial charge in [-0.15, -0.1) is 0 Å². The van der Waals surface area contributed by atoms with Gasteiger partial charge in [0.1, 0.15) is 11.5 Å². The zero-order chi connectivity index (χ0) is 43.8. The van der Waals surface area contributed by atoms with Gasteiger partial charge in [0.15, 0.2) is 0 Å². The molecule has 0 atom stereocenters. The summed E-state index contributed by atoms with van der Waals surface area (Å²) in [6, 6.07) is 66.1. The number of fused-ring (bicyclic) bond motifs is 3. The van der Waals surface area contributed by atoms with E-state index in [0.29, 0.717) is 12.0 Å². The van der Waals surface area contributed by atoms with Crippen LogP contribution < -0.4 is 25.4 Å². The van der Waals surface area contributed by atoms with Crippen molar-refractivity contribution in [1.29, 1.82) is 0 Å². The molecule has 0 fully saturated rings. The first-order valence-corrected chi connectivity index (χ1v) is 21.0. The van der Waals surface area contributed by atoms with Gasteiger partial charge in [-0.05, 0) is 124 Å². The number of amides is 2. The van der Waals surface area contributed by atoms with Crippen LogP contribution in [0.1, 0.15) is 27.0 Å². The highest BCUT2D eigenvalue weighted by molar-refractivity contribution is 6.13. The smallest absolute Gasteiger partial charge is 0.256 e. The third kappa shape index (κ3) is 12.1. The fourth-order valence-electron chi connectivity index (χ4n) is 7.21. The summed E-state index contributed by atoms with van der Waals surface area (Å²) in [6.07, 6.45) is 1.39. The molecular weight excluding hydrogens is 779 g/mol. The largest absolute Gasteiger partial charge is 0.497 e. The second-order valence-corrected chi connectivity index (χ2v) is 15.0. The van der Waals surface area contributed by atoms with Crippen LogP contribution in [-0.4, -0.2) is 32.6 Å². The van der Waals surface area contributed by atoms with Crippen LogP contribution in [-0.2, 0) is 17.6 Å². The molecule has 0 aliphatic rings. The number of nitrogens with one attached hydrogen (secondary N) is 3. The fraction of sp³-hybridized carbons (Fsp3) is 0.107. The number of hydrogen-bond donors (Lipinski definition) is 3. The van der Waals surface area contributed by atoms with Gasteiger partial charge >= 0.3 is 0 Å². The quantitative estimate of drug-likeness (QED) is 0.121. The summed E-state index contributed by atoms with van der Waals surface area (Å²) < 4.78 is 10.3. The second-order valence-electron chi connectivity index (χ2n) is 15.0. The predicted molar refractivity (Wildman–Crippen MR) is 261 cm³/mol. The van der Waals surface area contributed by atoms with Gasteiger partial charge in [-0.3, -0.25) is 9.59 Å². The monoisotopic (exact) mass is 829 g/mol. The number of carbonyl (C=O) groups is 2. The maximum absolute atomic E-state index is 12.4. The van der Waals surface area contributed by atoms with Gasteiger partial charge in [0.2, 0.25) is 5.91 Å². The van der Waals surface area contributed by atoms with E-state index in [2.05, 4.69) is 76.6 Å². The minimum atomic E-state index is -0.114. The van der Waals surface area contributed by atoms with Gasteiger partial charge in [-0.25, -0.2) is 0 Å². The maximum Gasteiger partial charge on any atom is 0.256 e. The van der Waals surface area contributed by atoms with E-state index < -0.39 is 0 Å². The summed E-state index contributed by atoms with van der Waals surface area (Å²) in [4.78, 5) is 24.6. The van der Waals surface area contributed by atoms with Gasteiger partial charge in [-0.1, -0.05) is 139 Å². The van der Waals surface area contributed by atoms with Crippen molar-refractivity contribution in [3.8, 4) is 11.5 Å². The molecule has 314 valence electrons. The lowest BCUT2D eigenvalue weighted by Gasteiger charge is -2.08. The molecule has 0 radical (unpaired) electrons. The van der Waals surface area contributed by atoms with E-state index in [1.54, 1.807) is 14.2 Å². The number of ether oxygens (including phenoxy) is 2. The van der Waals surface area contributed by atoms with Crippen molar-refractivity contribution in [2.45, 2.75) is 19.8 Å². The van der Waals surface area contributed by atoms with Crippen LogP contribution in [0.5, 0.6) is 11.5 Å². The molecular formula is C56H51N3O4. The summed E-state index contributed by atoms with van der Waals surface area (Å²) in [5.74, 6) is 1.54. The Bertz CT molecular complexity index is 2900. The molecule has 2 amide bonds. The molecule has 7 heteroatoms. The average Bonchev–Trinajstić information content (AvgIpc) is 3.33. The molecule has 0 spiro atoms. The van der Waals surface area contributed by atoms with Crippen LogP contribution in [0.15, 0.2) is 200 Å². The summed E-state index contributed by atoms with van der Waals surface area (Å²) in [7, 11) is 3.30. The molecule has 0 unspecified atom stereocenters. The van der Waals surface area contributed by atoms with Gasteiger partial charge in [0, 0.05) is 29.2 Å². The first-order valence-electron chi connectivity index (χ1n) is 21.0. The van der Waals surface area contributed by atoms with Crippen molar-refractivity contribution in [3.63, 3.8) is 0 Å². The first-order chi connectivity index (χ1) is 30.8. The molecule has 0 bridgehead atoms. The molecule has 9 aromatic carbocycles. The van der Waals surface area contributed by atoms with Crippen LogP contribution >= 0.6 is 0 Å². The highest BCUT2D eigenvalue weighted by atomic mass is 16.5. The van der Waals surface area contributed by atoms with Crippen LogP contribution in [0.2, 0.25) is 0 Å². The Hall–Kier alpha value is -7.90. The standard InChI is InChI=1S/C19H17NO.C19H19NO.C18H15NO2/c1-14-9-11-17(12-10-14)20-19(21)13-16-7-4-6-15-5-2-3-8-18(15)16;1-21-19-10-8-18(9-11-19)20-13-12-15-6-7-16-4-2-3-5-17(16)14-15;1-21-15-11-9-14(10-12-15)19-18(20)17-8-4-6-13-5-2-3-7-16(13)17/h2-12H,13H2,1H3,(H,20,21);2-11,14,20H,12-13H2,1H3;2-12H,1H3,(H,19,20). The van der Waals surface area contributed by atoms with E-state index in [9.17, 15) is 9.59 Å². The van der Waals surface area contributed by atoms with E-state index in [1.165, 1.54) is 21.9 Å². The van der Waals surface area contributed by atoms with E-state index in [0.717, 1.165) is 68.6 Å². The lowest BCUT2D eigenvalue weighted by molar-refractivity contribution is -0.115. The predicted octanol–water partition coefficient (Wildman–Crippen LogP) is 12.9. The molecule has 3 N–H and O–H groups in total. The minimum absolute atomic E-state index is 0.00945. The van der Waals surface area contributed by atoms with Crippen molar-refractivity contribution in [3.05, 3.63) is 222 Å². The molecule has 0 aliphatic heterocycles. The van der Waals surface area contributed by atoms with Gasteiger partial charge in [-0.2, -0.15) is 0 Å². The summed E-state index contributed by atoms with van der Waals surface area (Å²) in [5.41, 5.74) is 6.97. The Balaban J connectivity index is 0.000000142. The van der Waals surface area contributed by atoms with Crippen molar-refractivity contribution in [2.24, 2.45) is 0 Å². The summed E-state index contributed by atoms with van der Waals surface area (Å²) in [5, 5.41) is 16.2. The molecule has 9 rings (SSSR count). The Labute approximate surface area is 369 Å². The number of rotatable bonds is 11. The van der Waals surface area contributed by atoms with E-state index >= 15 is 0 Å². The molecule has 0 aromatic heterocycles. The van der Waals surface area contributed by atoms with Crippen molar-refractivity contribution < 1.29 is 19.1 Å². The maximum atomic E-state index is 12.4. The van der Waals surface area contributed by atoms with Crippen LogP contribution in [0.4, 0.5) is 17.1 Å². The number of benzene rings is 9. The van der Waals surface area contributed by atoms with E-state index in [1.807, 2.05) is 146 Å². The zero-order valence-electron chi connectivity index (χ0n) is 35.8. The SMILES string of the molecule is COc1ccc(NC(=O)c2cccc3ccccc23)cc1.COc1ccc(NCCc2ccc3ccccc3c2)cc1.Cc1ccc(NC(=O)Cc2cccc3ccccc23)cc1. The highest BCUT2D eigenvalue weighted by Gasteiger charge is 2.10. The summed E-state index contributed by atoms with van der Waals surface area (Å²) >= 11 is 0. The zero-order valence-corrected chi connectivity index (χ0v) is 35.8. The van der Waals surface area contributed by atoms with Gasteiger partial charge in [0.05, 0.1) is 20.6 Å². The average molecular weight is 830 g/mol. The molecule has 0 saturated carbocycles. The van der Waals surface area contributed by atoms with Crippen LogP contribution in [0.25, 0.3) is 32.3 Å². The number of methoxy groups -OCH3 is 2. The molecule has 63 heavy (non-hydrogen) atoms. The topological polar surface area (TPSA) is 88.7 Å². The summed E-state index contributed by atoms with van der Waals surface area (Å²) in [6.45, 7) is 2.95. The van der Waals surface area contributed by atoms with Crippen molar-refractivity contribution >= 4 is 61.2 Å². The van der Waals surface area contributed by atoms with E-state index in [4.69, 9.17) is 9.47 Å². The molecule has 0 aliphatic carbocycles. The van der Waals surface area contributed by atoms with E-state index in [-0.39, 0.29) is 11.8 Å². The number of hydrogen-bond acceptors (Lipinski definition) is 5. The Morgan fingerprint density at radius 1 is 0.476 bits per heavy atom. The van der Waals surface area contributed by atoms with Gasteiger partial charge in [0.25, 0.3) is 5.91 Å². The normalized spacial score (nSPS) is 10.5. The van der Waals surface area contributed by atoms with Crippen LogP contribution in [0, 0.1) is 6.92 Å². The Kier molecular flexibility index (Phi) is 14.8. The fourth-order valence-corrected chi connectivity index (χ4v) is 7.21. The molecule has 0 heterocycles. The van der Waals surface area contributed by atoms with Crippen LogP contribution in [0.3, 0.4) is 0 Å².